The van der Waals surface area contributed by atoms with Crippen LogP contribution in [0.25, 0.3) is 0 Å². The van der Waals surface area contributed by atoms with Crippen LogP contribution in [0.5, 0.6) is 11.5 Å². The molecule has 0 amide bonds. The first kappa shape index (κ1) is 18.0. The summed E-state index contributed by atoms with van der Waals surface area (Å²) >= 11 is 0. The Kier molecular flexibility index (Phi) is 5.92. The van der Waals surface area contributed by atoms with Gasteiger partial charge in [-0.3, -0.25) is 5.10 Å². The van der Waals surface area contributed by atoms with Crippen molar-refractivity contribution in [2.24, 2.45) is 0 Å². The van der Waals surface area contributed by atoms with Gasteiger partial charge in [-0.2, -0.15) is 5.10 Å². The lowest BCUT2D eigenvalue weighted by molar-refractivity contribution is 0.354. The van der Waals surface area contributed by atoms with Gasteiger partial charge >= 0.3 is 0 Å². The molecule has 3 rings (SSSR count). The van der Waals surface area contributed by atoms with E-state index < -0.39 is 0 Å². The number of hydrogen-bond donors (Lipinski definition) is 2. The summed E-state index contributed by atoms with van der Waals surface area (Å²) in [7, 11) is 3.31. The number of hydrogen-bond acceptors (Lipinski definition) is 4. The molecule has 136 valence electrons. The minimum Gasteiger partial charge on any atom is -0.493 e. The zero-order chi connectivity index (χ0) is 18.4. The van der Waals surface area contributed by atoms with Crippen LogP contribution in [0.4, 0.5) is 0 Å². The van der Waals surface area contributed by atoms with Gasteiger partial charge in [0.05, 0.1) is 20.4 Å². The van der Waals surface area contributed by atoms with Gasteiger partial charge in [-0.25, -0.2) is 0 Å². The van der Waals surface area contributed by atoms with Crippen molar-refractivity contribution in [3.8, 4) is 11.5 Å². The molecule has 0 aliphatic carbocycles. The maximum Gasteiger partial charge on any atom is 0.160 e. The maximum absolute atomic E-state index is 5.44. The smallest absolute Gasteiger partial charge is 0.160 e. The molecule has 0 saturated heterocycles. The molecule has 0 bridgehead atoms. The van der Waals surface area contributed by atoms with Crippen molar-refractivity contribution < 1.29 is 9.47 Å². The Morgan fingerprint density at radius 1 is 1.04 bits per heavy atom. The summed E-state index contributed by atoms with van der Waals surface area (Å²) in [4.78, 5) is 0. The lowest BCUT2D eigenvalue weighted by Crippen LogP contribution is -2.23. The van der Waals surface area contributed by atoms with E-state index in [1.54, 1.807) is 14.2 Å². The Hall–Kier alpha value is -2.79. The Bertz CT molecular complexity index is 830. The largest absolute Gasteiger partial charge is 0.493 e. The molecule has 1 unspecified atom stereocenters. The van der Waals surface area contributed by atoms with Gasteiger partial charge in [0, 0.05) is 23.8 Å². The molecule has 0 aliphatic heterocycles. The van der Waals surface area contributed by atoms with Crippen LogP contribution in [0, 0.1) is 6.92 Å². The number of H-pyrrole nitrogens is 1. The summed E-state index contributed by atoms with van der Waals surface area (Å²) in [6.07, 6.45) is 2.72. The molecule has 0 spiro atoms. The number of nitrogens with zero attached hydrogens (tertiary/aromatic N) is 1. The Morgan fingerprint density at radius 2 is 1.81 bits per heavy atom. The third kappa shape index (κ3) is 4.24. The highest BCUT2D eigenvalue weighted by Gasteiger charge is 2.14. The Morgan fingerprint density at radius 3 is 2.46 bits per heavy atom. The molecule has 3 aromatic rings. The second-order valence-corrected chi connectivity index (χ2v) is 6.26. The maximum atomic E-state index is 5.44. The second kappa shape index (κ2) is 8.54. The third-order valence-corrected chi connectivity index (χ3v) is 4.56. The molecule has 2 N–H and O–H groups in total. The van der Waals surface area contributed by atoms with Crippen LogP contribution >= 0.6 is 0 Å². The summed E-state index contributed by atoms with van der Waals surface area (Å²) in [5.41, 5.74) is 4.71. The topological polar surface area (TPSA) is 59.2 Å². The molecule has 0 aliphatic rings. The third-order valence-electron chi connectivity index (χ3n) is 4.56. The summed E-state index contributed by atoms with van der Waals surface area (Å²) < 4.78 is 10.8. The van der Waals surface area contributed by atoms with Gasteiger partial charge in [-0.05, 0) is 36.6 Å². The predicted octanol–water partition coefficient (Wildman–Crippen LogP) is 3.81. The summed E-state index contributed by atoms with van der Waals surface area (Å²) in [5, 5.41) is 10.8. The van der Waals surface area contributed by atoms with Gasteiger partial charge < -0.3 is 14.8 Å². The van der Waals surface area contributed by atoms with Crippen LogP contribution in [-0.4, -0.2) is 24.4 Å². The van der Waals surface area contributed by atoms with Gasteiger partial charge in [0.1, 0.15) is 0 Å². The summed E-state index contributed by atoms with van der Waals surface area (Å²) in [6, 6.07) is 16.8. The fraction of sp³-hybridized carbons (Fsp3) is 0.286. The fourth-order valence-corrected chi connectivity index (χ4v) is 3.02. The number of nitrogens with one attached hydrogen (secondary N) is 2. The SMILES string of the molecule is COc1ccc(CC(NCc2cn[nH]c2C)c2ccccc2)cc1OC. The highest BCUT2D eigenvalue weighted by Crippen LogP contribution is 2.29. The molecule has 0 fully saturated rings. The van der Waals surface area contributed by atoms with E-state index in [1.807, 2.05) is 31.3 Å². The normalized spacial score (nSPS) is 12.0. The average molecular weight is 351 g/mol. The number of benzene rings is 2. The van der Waals surface area contributed by atoms with Crippen LogP contribution in [0.1, 0.15) is 28.4 Å². The van der Waals surface area contributed by atoms with Crippen molar-refractivity contribution in [2.45, 2.75) is 25.9 Å². The van der Waals surface area contributed by atoms with E-state index >= 15 is 0 Å². The first-order valence-corrected chi connectivity index (χ1v) is 8.69. The van der Waals surface area contributed by atoms with Gasteiger partial charge in [-0.1, -0.05) is 36.4 Å². The monoisotopic (exact) mass is 351 g/mol. The van der Waals surface area contributed by atoms with Gasteiger partial charge in [-0.15, -0.1) is 0 Å². The first-order chi connectivity index (χ1) is 12.7. The molecule has 2 aromatic carbocycles. The van der Waals surface area contributed by atoms with Gasteiger partial charge in [0.15, 0.2) is 11.5 Å². The Labute approximate surface area is 154 Å². The van der Waals surface area contributed by atoms with Crippen molar-refractivity contribution >= 4 is 0 Å². The zero-order valence-electron chi connectivity index (χ0n) is 15.5. The van der Waals surface area contributed by atoms with Crippen LogP contribution in [0.15, 0.2) is 54.7 Å². The van der Waals surface area contributed by atoms with Crippen molar-refractivity contribution in [3.05, 3.63) is 77.1 Å². The molecule has 1 heterocycles. The molecule has 5 nitrogen and oxygen atoms in total. The number of rotatable bonds is 8. The minimum absolute atomic E-state index is 0.184. The van der Waals surface area contributed by atoms with E-state index in [9.17, 15) is 0 Å². The van der Waals surface area contributed by atoms with E-state index in [0.717, 1.165) is 30.2 Å². The van der Waals surface area contributed by atoms with Crippen molar-refractivity contribution in [1.29, 1.82) is 0 Å². The molecular weight excluding hydrogens is 326 g/mol. The first-order valence-electron chi connectivity index (χ1n) is 8.69. The van der Waals surface area contributed by atoms with E-state index in [2.05, 4.69) is 45.8 Å². The van der Waals surface area contributed by atoms with Crippen molar-refractivity contribution in [3.63, 3.8) is 0 Å². The Balaban J connectivity index is 1.80. The minimum atomic E-state index is 0.184. The standard InChI is InChI=1S/C21H25N3O2/c1-15-18(14-23-24-15)13-22-19(17-7-5-4-6-8-17)11-16-9-10-20(25-2)21(12-16)26-3/h4-10,12,14,19,22H,11,13H2,1-3H3,(H,23,24). The van der Waals surface area contributed by atoms with Crippen molar-refractivity contribution in [2.75, 3.05) is 14.2 Å². The molecule has 26 heavy (non-hydrogen) atoms. The molecule has 0 saturated carbocycles. The van der Waals surface area contributed by atoms with Gasteiger partial charge in [0.2, 0.25) is 0 Å². The zero-order valence-corrected chi connectivity index (χ0v) is 15.5. The average Bonchev–Trinajstić information content (AvgIpc) is 3.10. The van der Waals surface area contributed by atoms with Crippen LogP contribution < -0.4 is 14.8 Å². The molecule has 1 aromatic heterocycles. The quantitative estimate of drug-likeness (QED) is 0.648. The number of ether oxygens (including phenoxy) is 2. The van der Waals surface area contributed by atoms with Crippen molar-refractivity contribution in [1.82, 2.24) is 15.5 Å². The lowest BCUT2D eigenvalue weighted by Gasteiger charge is -2.20. The fourth-order valence-electron chi connectivity index (χ4n) is 3.02. The van der Waals surface area contributed by atoms with E-state index in [0.29, 0.717) is 0 Å². The second-order valence-electron chi connectivity index (χ2n) is 6.26. The van der Waals surface area contributed by atoms with Crippen LogP contribution in [0.2, 0.25) is 0 Å². The molecule has 1 atom stereocenters. The highest BCUT2D eigenvalue weighted by atomic mass is 16.5. The number of aromatic amines is 1. The number of aryl methyl sites for hydroxylation is 1. The van der Waals surface area contributed by atoms with Crippen LogP contribution in [-0.2, 0) is 13.0 Å². The summed E-state index contributed by atoms with van der Waals surface area (Å²) in [5.74, 6) is 1.50. The predicted molar refractivity (Wildman–Crippen MR) is 103 cm³/mol. The van der Waals surface area contributed by atoms with E-state index in [4.69, 9.17) is 9.47 Å². The van der Waals surface area contributed by atoms with Crippen LogP contribution in [0.3, 0.4) is 0 Å². The van der Waals surface area contributed by atoms with Gasteiger partial charge in [0.25, 0.3) is 0 Å². The lowest BCUT2D eigenvalue weighted by atomic mass is 9.98. The molecule has 5 heteroatoms. The van der Waals surface area contributed by atoms with E-state index in [1.165, 1.54) is 16.7 Å². The molecular formula is C21H25N3O2. The summed E-state index contributed by atoms with van der Waals surface area (Å²) in [6.45, 7) is 2.80. The highest BCUT2D eigenvalue weighted by molar-refractivity contribution is 5.43. The van der Waals surface area contributed by atoms with E-state index in [-0.39, 0.29) is 6.04 Å². The number of aromatic nitrogens is 2. The molecule has 0 radical (unpaired) electrons. The number of methoxy groups -OCH3 is 2.